The Hall–Kier alpha value is -3.75. The standard InChI is InChI=1S/C19H32N6O9/c1-8(2)5-10(23-16(30)9(20)3-4-15(28)29)17(31)24-11(6-13(21)26)18(32)25-12(19(33)34)7-14(22)27/h8-12H,3-7,20H2,1-2H3,(H2,21,26)(H2,22,27)(H,23,30)(H,24,31)(H,25,32)(H,28,29)(H,33,34). The van der Waals surface area contributed by atoms with E-state index in [4.69, 9.17) is 27.4 Å². The molecule has 0 bridgehead atoms. The van der Waals surface area contributed by atoms with E-state index in [0.29, 0.717) is 0 Å². The van der Waals surface area contributed by atoms with E-state index in [-0.39, 0.29) is 25.2 Å². The van der Waals surface area contributed by atoms with Gasteiger partial charge in [-0.25, -0.2) is 4.79 Å². The first-order valence-corrected chi connectivity index (χ1v) is 10.3. The molecule has 5 amide bonds. The van der Waals surface area contributed by atoms with Gasteiger partial charge in [0.25, 0.3) is 0 Å². The Balaban J connectivity index is 5.52. The maximum Gasteiger partial charge on any atom is 0.326 e. The van der Waals surface area contributed by atoms with Crippen molar-refractivity contribution in [2.24, 2.45) is 23.1 Å². The first kappa shape index (κ1) is 30.2. The first-order chi connectivity index (χ1) is 15.6. The van der Waals surface area contributed by atoms with Crippen LogP contribution >= 0.6 is 0 Å². The van der Waals surface area contributed by atoms with Gasteiger partial charge < -0.3 is 43.4 Å². The summed E-state index contributed by atoms with van der Waals surface area (Å²) >= 11 is 0. The minimum absolute atomic E-state index is 0.0908. The lowest BCUT2D eigenvalue weighted by molar-refractivity contribution is -0.144. The Bertz CT molecular complexity index is 801. The van der Waals surface area contributed by atoms with Crippen LogP contribution in [0.1, 0.15) is 46.0 Å². The van der Waals surface area contributed by atoms with E-state index in [2.05, 4.69) is 10.6 Å². The van der Waals surface area contributed by atoms with Crippen molar-refractivity contribution in [2.75, 3.05) is 0 Å². The number of rotatable bonds is 16. The second kappa shape index (κ2) is 14.4. The van der Waals surface area contributed by atoms with Crippen LogP contribution in [0.15, 0.2) is 0 Å². The molecule has 192 valence electrons. The molecule has 0 heterocycles. The fraction of sp³-hybridized carbons (Fsp3) is 0.632. The van der Waals surface area contributed by atoms with Crippen LogP contribution in [0.5, 0.6) is 0 Å². The van der Waals surface area contributed by atoms with E-state index in [1.165, 1.54) is 0 Å². The van der Waals surface area contributed by atoms with E-state index in [1.54, 1.807) is 13.8 Å². The Morgan fingerprint density at radius 3 is 1.62 bits per heavy atom. The predicted octanol–water partition coefficient (Wildman–Crippen LogP) is -3.49. The summed E-state index contributed by atoms with van der Waals surface area (Å²) in [5.74, 6) is -7.67. The zero-order valence-corrected chi connectivity index (χ0v) is 18.9. The monoisotopic (exact) mass is 488 g/mol. The van der Waals surface area contributed by atoms with Gasteiger partial charge in [-0.15, -0.1) is 0 Å². The summed E-state index contributed by atoms with van der Waals surface area (Å²) in [6, 6.07) is -5.76. The molecule has 0 radical (unpaired) electrons. The number of aliphatic carboxylic acids is 2. The SMILES string of the molecule is CC(C)CC(NC(=O)C(N)CCC(=O)O)C(=O)NC(CC(N)=O)C(=O)NC(CC(N)=O)C(=O)O. The molecule has 0 aromatic carbocycles. The van der Waals surface area contributed by atoms with Crippen LogP contribution in [0.2, 0.25) is 0 Å². The molecule has 4 atom stereocenters. The van der Waals surface area contributed by atoms with Crippen molar-refractivity contribution in [1.82, 2.24) is 16.0 Å². The van der Waals surface area contributed by atoms with E-state index in [9.17, 15) is 33.6 Å². The number of primary amides is 2. The zero-order chi connectivity index (χ0) is 26.6. The van der Waals surface area contributed by atoms with Gasteiger partial charge in [0.05, 0.1) is 18.9 Å². The molecule has 0 aliphatic carbocycles. The molecule has 34 heavy (non-hydrogen) atoms. The fourth-order valence-corrected chi connectivity index (χ4v) is 2.75. The summed E-state index contributed by atoms with van der Waals surface area (Å²) in [6.07, 6.45) is -1.90. The van der Waals surface area contributed by atoms with Crippen LogP contribution in [0.3, 0.4) is 0 Å². The highest BCUT2D eigenvalue weighted by atomic mass is 16.4. The van der Waals surface area contributed by atoms with Crippen LogP contribution in [-0.2, 0) is 33.6 Å². The molecule has 0 fully saturated rings. The Morgan fingerprint density at radius 2 is 1.18 bits per heavy atom. The van der Waals surface area contributed by atoms with E-state index < -0.39 is 78.5 Å². The van der Waals surface area contributed by atoms with E-state index in [0.717, 1.165) is 0 Å². The van der Waals surface area contributed by atoms with Gasteiger partial charge in [0, 0.05) is 6.42 Å². The highest BCUT2D eigenvalue weighted by Crippen LogP contribution is 2.08. The fourth-order valence-electron chi connectivity index (χ4n) is 2.75. The number of hydrogen-bond acceptors (Lipinski definition) is 8. The predicted molar refractivity (Wildman–Crippen MR) is 115 cm³/mol. The molecule has 0 aliphatic heterocycles. The van der Waals surface area contributed by atoms with E-state index in [1.807, 2.05) is 5.32 Å². The van der Waals surface area contributed by atoms with Crippen molar-refractivity contribution >= 4 is 41.5 Å². The van der Waals surface area contributed by atoms with Crippen molar-refractivity contribution in [1.29, 1.82) is 0 Å². The van der Waals surface area contributed by atoms with Crippen molar-refractivity contribution in [3.05, 3.63) is 0 Å². The molecule has 11 N–H and O–H groups in total. The van der Waals surface area contributed by atoms with Gasteiger partial charge in [0.15, 0.2) is 0 Å². The van der Waals surface area contributed by atoms with Crippen LogP contribution in [0.4, 0.5) is 0 Å². The highest BCUT2D eigenvalue weighted by Gasteiger charge is 2.32. The molecule has 0 saturated heterocycles. The minimum atomic E-state index is -1.71. The summed E-state index contributed by atoms with van der Waals surface area (Å²) in [5, 5.41) is 24.5. The highest BCUT2D eigenvalue weighted by molar-refractivity contribution is 5.96. The lowest BCUT2D eigenvalue weighted by atomic mass is 10.0. The van der Waals surface area contributed by atoms with Gasteiger partial charge in [-0.1, -0.05) is 13.8 Å². The number of nitrogens with two attached hydrogens (primary N) is 3. The van der Waals surface area contributed by atoms with Crippen molar-refractivity contribution in [2.45, 2.75) is 70.1 Å². The average molecular weight is 488 g/mol. The molecule has 0 saturated carbocycles. The average Bonchev–Trinajstić information content (AvgIpc) is 2.68. The molecule has 4 unspecified atom stereocenters. The first-order valence-electron chi connectivity index (χ1n) is 10.3. The summed E-state index contributed by atoms with van der Waals surface area (Å²) in [4.78, 5) is 82.0. The molecule has 0 spiro atoms. The van der Waals surface area contributed by atoms with Crippen LogP contribution in [0.25, 0.3) is 0 Å². The van der Waals surface area contributed by atoms with Crippen LogP contribution in [-0.4, -0.2) is 75.9 Å². The Morgan fingerprint density at radius 1 is 0.735 bits per heavy atom. The van der Waals surface area contributed by atoms with Gasteiger partial charge in [0.2, 0.25) is 29.5 Å². The molecule has 0 rings (SSSR count). The number of carboxylic acid groups (broad SMARTS) is 2. The normalized spacial score (nSPS) is 14.2. The quantitative estimate of drug-likeness (QED) is 0.106. The maximum absolute atomic E-state index is 12.8. The second-order valence-corrected chi connectivity index (χ2v) is 8.03. The lowest BCUT2D eigenvalue weighted by Gasteiger charge is -2.25. The number of carboxylic acids is 2. The maximum atomic E-state index is 12.8. The van der Waals surface area contributed by atoms with Crippen molar-refractivity contribution in [3.8, 4) is 0 Å². The van der Waals surface area contributed by atoms with Crippen molar-refractivity contribution in [3.63, 3.8) is 0 Å². The summed E-state index contributed by atoms with van der Waals surface area (Å²) in [5.41, 5.74) is 15.7. The number of nitrogens with one attached hydrogen (secondary N) is 3. The summed E-state index contributed by atoms with van der Waals surface area (Å²) in [6.45, 7) is 3.48. The molecule has 15 nitrogen and oxygen atoms in total. The van der Waals surface area contributed by atoms with Gasteiger partial charge in [-0.2, -0.15) is 0 Å². The third-order valence-electron chi connectivity index (χ3n) is 4.40. The molecule has 0 aromatic heterocycles. The molecule has 0 aromatic rings. The van der Waals surface area contributed by atoms with Gasteiger partial charge in [-0.3, -0.25) is 28.8 Å². The van der Waals surface area contributed by atoms with Crippen LogP contribution in [0, 0.1) is 5.92 Å². The minimum Gasteiger partial charge on any atom is -0.481 e. The lowest BCUT2D eigenvalue weighted by Crippen LogP contribution is -2.58. The topological polar surface area (TPSA) is 274 Å². The third-order valence-corrected chi connectivity index (χ3v) is 4.40. The number of amides is 5. The summed E-state index contributed by atoms with van der Waals surface area (Å²) in [7, 11) is 0. The molecular formula is C19H32N6O9. The smallest absolute Gasteiger partial charge is 0.326 e. The Labute approximate surface area is 195 Å². The second-order valence-electron chi connectivity index (χ2n) is 8.03. The largest absolute Gasteiger partial charge is 0.481 e. The zero-order valence-electron chi connectivity index (χ0n) is 18.9. The Kier molecular flexibility index (Phi) is 12.8. The summed E-state index contributed by atoms with van der Waals surface area (Å²) < 4.78 is 0. The number of carbonyl (C=O) groups excluding carboxylic acids is 5. The number of hydrogen-bond donors (Lipinski definition) is 8. The van der Waals surface area contributed by atoms with E-state index >= 15 is 0 Å². The van der Waals surface area contributed by atoms with Gasteiger partial charge in [0.1, 0.15) is 18.1 Å². The molecule has 15 heteroatoms. The molecular weight excluding hydrogens is 456 g/mol. The van der Waals surface area contributed by atoms with Gasteiger partial charge in [-0.05, 0) is 18.8 Å². The number of carbonyl (C=O) groups is 7. The molecule has 0 aliphatic rings. The third kappa shape index (κ3) is 12.3. The van der Waals surface area contributed by atoms with Gasteiger partial charge >= 0.3 is 11.9 Å². The van der Waals surface area contributed by atoms with Crippen LogP contribution < -0.4 is 33.2 Å². The van der Waals surface area contributed by atoms with Crippen molar-refractivity contribution < 1.29 is 43.8 Å².